The molecule has 18 heavy (non-hydrogen) atoms. The van der Waals surface area contributed by atoms with E-state index in [1.807, 2.05) is 0 Å². The minimum absolute atomic E-state index is 0.927. The van der Waals surface area contributed by atoms with E-state index in [0.717, 1.165) is 28.4 Å². The van der Waals surface area contributed by atoms with Crippen LogP contribution in [0, 0.1) is 12.8 Å². The van der Waals surface area contributed by atoms with Crippen molar-refractivity contribution in [3.05, 3.63) is 22.3 Å². The highest BCUT2D eigenvalue weighted by molar-refractivity contribution is 9.10. The Morgan fingerprint density at radius 2 is 2.17 bits per heavy atom. The molecule has 0 N–H and O–H groups in total. The van der Waals surface area contributed by atoms with Gasteiger partial charge < -0.3 is 4.90 Å². The first-order chi connectivity index (χ1) is 8.70. The standard InChI is InChI=1S/C15H23BrN2/c1-3-5-13-6-4-10-18(11-9-13)15-8-7-14(16)12(2)17-15/h7-8,13H,3-6,9-11H2,1-2H3. The van der Waals surface area contributed by atoms with Crippen LogP contribution >= 0.6 is 15.9 Å². The summed E-state index contributed by atoms with van der Waals surface area (Å²) in [6, 6.07) is 4.25. The van der Waals surface area contributed by atoms with Crippen molar-refractivity contribution in [2.75, 3.05) is 18.0 Å². The van der Waals surface area contributed by atoms with Gasteiger partial charge in [-0.25, -0.2) is 4.98 Å². The van der Waals surface area contributed by atoms with E-state index in [1.54, 1.807) is 0 Å². The summed E-state index contributed by atoms with van der Waals surface area (Å²) in [7, 11) is 0. The Balaban J connectivity index is 2.02. The number of hydrogen-bond acceptors (Lipinski definition) is 2. The van der Waals surface area contributed by atoms with Gasteiger partial charge in [0.05, 0.1) is 5.69 Å². The van der Waals surface area contributed by atoms with Gasteiger partial charge in [0.2, 0.25) is 0 Å². The van der Waals surface area contributed by atoms with Crippen LogP contribution in [-0.2, 0) is 0 Å². The summed E-state index contributed by atoms with van der Waals surface area (Å²) in [5.74, 6) is 2.07. The summed E-state index contributed by atoms with van der Waals surface area (Å²) >= 11 is 3.52. The van der Waals surface area contributed by atoms with E-state index in [1.165, 1.54) is 38.6 Å². The first-order valence-corrected chi connectivity index (χ1v) is 7.88. The zero-order chi connectivity index (χ0) is 13.0. The van der Waals surface area contributed by atoms with Crippen LogP contribution in [-0.4, -0.2) is 18.1 Å². The first kappa shape index (κ1) is 13.9. The second-order valence-corrected chi connectivity index (χ2v) is 6.16. The maximum atomic E-state index is 4.69. The molecule has 0 saturated carbocycles. The lowest BCUT2D eigenvalue weighted by atomic mass is 9.96. The molecule has 1 aliphatic rings. The van der Waals surface area contributed by atoms with Crippen molar-refractivity contribution in [2.24, 2.45) is 5.92 Å². The summed E-state index contributed by atoms with van der Waals surface area (Å²) in [5, 5.41) is 0. The lowest BCUT2D eigenvalue weighted by molar-refractivity contribution is 0.435. The fourth-order valence-corrected chi connectivity index (χ4v) is 3.02. The summed E-state index contributed by atoms with van der Waals surface area (Å²) in [5.41, 5.74) is 1.09. The fourth-order valence-electron chi connectivity index (χ4n) is 2.80. The zero-order valence-electron chi connectivity index (χ0n) is 11.5. The number of rotatable bonds is 3. The van der Waals surface area contributed by atoms with Gasteiger partial charge in [-0.05, 0) is 60.2 Å². The third-order valence-corrected chi connectivity index (χ3v) is 4.71. The van der Waals surface area contributed by atoms with Gasteiger partial charge in [-0.3, -0.25) is 0 Å². The van der Waals surface area contributed by atoms with Crippen LogP contribution in [0.4, 0.5) is 5.82 Å². The average molecular weight is 311 g/mol. The van der Waals surface area contributed by atoms with Crippen LogP contribution < -0.4 is 4.90 Å². The molecule has 2 rings (SSSR count). The number of nitrogens with zero attached hydrogens (tertiary/aromatic N) is 2. The molecule has 3 heteroatoms. The molecule has 1 aliphatic heterocycles. The lowest BCUT2D eigenvalue weighted by Gasteiger charge is -2.22. The molecule has 2 heterocycles. The Hall–Kier alpha value is -0.570. The molecule has 1 unspecified atom stereocenters. The molecule has 1 saturated heterocycles. The molecule has 0 spiro atoms. The molecule has 0 radical (unpaired) electrons. The number of aryl methyl sites for hydroxylation is 1. The highest BCUT2D eigenvalue weighted by Crippen LogP contribution is 2.25. The third kappa shape index (κ3) is 3.47. The second kappa shape index (κ2) is 6.55. The molecule has 0 aliphatic carbocycles. The normalized spacial score (nSPS) is 20.8. The van der Waals surface area contributed by atoms with Crippen LogP contribution in [0.2, 0.25) is 0 Å². The van der Waals surface area contributed by atoms with Gasteiger partial charge >= 0.3 is 0 Å². The third-order valence-electron chi connectivity index (χ3n) is 3.88. The number of hydrogen-bond donors (Lipinski definition) is 0. The van der Waals surface area contributed by atoms with Gasteiger partial charge in [-0.15, -0.1) is 0 Å². The van der Waals surface area contributed by atoms with E-state index in [0.29, 0.717) is 0 Å². The first-order valence-electron chi connectivity index (χ1n) is 7.08. The van der Waals surface area contributed by atoms with Crippen LogP contribution in [0.1, 0.15) is 44.7 Å². The molecule has 1 fully saturated rings. The van der Waals surface area contributed by atoms with Crippen molar-refractivity contribution in [2.45, 2.75) is 46.0 Å². The van der Waals surface area contributed by atoms with Gasteiger partial charge in [0, 0.05) is 17.6 Å². The van der Waals surface area contributed by atoms with E-state index >= 15 is 0 Å². The minimum Gasteiger partial charge on any atom is -0.357 e. The highest BCUT2D eigenvalue weighted by Gasteiger charge is 2.17. The fraction of sp³-hybridized carbons (Fsp3) is 0.667. The molecule has 0 amide bonds. The SMILES string of the molecule is CCCC1CCCN(c2ccc(Br)c(C)n2)CC1. The average Bonchev–Trinajstić information content (AvgIpc) is 2.59. The summed E-state index contributed by atoms with van der Waals surface area (Å²) < 4.78 is 1.10. The molecule has 0 aromatic carbocycles. The van der Waals surface area contributed by atoms with Gasteiger partial charge in [-0.1, -0.05) is 19.8 Å². The smallest absolute Gasteiger partial charge is 0.128 e. The summed E-state index contributed by atoms with van der Waals surface area (Å²) in [6.07, 6.45) is 6.73. The molecule has 100 valence electrons. The number of halogens is 1. The second-order valence-electron chi connectivity index (χ2n) is 5.31. The molecule has 0 bridgehead atoms. The van der Waals surface area contributed by atoms with Gasteiger partial charge in [0.25, 0.3) is 0 Å². The van der Waals surface area contributed by atoms with E-state index in [-0.39, 0.29) is 0 Å². The molecule has 1 aromatic rings. The van der Waals surface area contributed by atoms with Crippen molar-refractivity contribution in [3.63, 3.8) is 0 Å². The van der Waals surface area contributed by atoms with E-state index in [4.69, 9.17) is 0 Å². The molecule has 1 atom stereocenters. The highest BCUT2D eigenvalue weighted by atomic mass is 79.9. The van der Waals surface area contributed by atoms with E-state index in [2.05, 4.69) is 51.8 Å². The van der Waals surface area contributed by atoms with E-state index < -0.39 is 0 Å². The molecular formula is C15H23BrN2. The van der Waals surface area contributed by atoms with Crippen molar-refractivity contribution in [1.82, 2.24) is 4.98 Å². The lowest BCUT2D eigenvalue weighted by Crippen LogP contribution is -2.25. The summed E-state index contributed by atoms with van der Waals surface area (Å²) in [4.78, 5) is 7.14. The summed E-state index contributed by atoms with van der Waals surface area (Å²) in [6.45, 7) is 6.68. The van der Waals surface area contributed by atoms with Gasteiger partial charge in [-0.2, -0.15) is 0 Å². The maximum absolute atomic E-state index is 4.69. The number of pyridine rings is 1. The Bertz CT molecular complexity index is 392. The minimum atomic E-state index is 0.927. The Morgan fingerprint density at radius 3 is 2.89 bits per heavy atom. The predicted octanol–water partition coefficient (Wildman–Crippen LogP) is 4.56. The van der Waals surface area contributed by atoms with Gasteiger partial charge in [0.15, 0.2) is 0 Å². The maximum Gasteiger partial charge on any atom is 0.128 e. The van der Waals surface area contributed by atoms with E-state index in [9.17, 15) is 0 Å². The predicted molar refractivity (Wildman–Crippen MR) is 81.1 cm³/mol. The monoisotopic (exact) mass is 310 g/mol. The number of anilines is 1. The molecule has 2 nitrogen and oxygen atoms in total. The van der Waals surface area contributed by atoms with Crippen molar-refractivity contribution >= 4 is 21.7 Å². The quantitative estimate of drug-likeness (QED) is 0.813. The Morgan fingerprint density at radius 1 is 1.33 bits per heavy atom. The largest absolute Gasteiger partial charge is 0.357 e. The van der Waals surface area contributed by atoms with Crippen molar-refractivity contribution < 1.29 is 0 Å². The Kier molecular flexibility index (Phi) is 5.04. The Labute approximate surface area is 119 Å². The van der Waals surface area contributed by atoms with Crippen molar-refractivity contribution in [3.8, 4) is 0 Å². The molecular weight excluding hydrogens is 288 g/mol. The van der Waals surface area contributed by atoms with Crippen LogP contribution in [0.15, 0.2) is 16.6 Å². The van der Waals surface area contributed by atoms with Gasteiger partial charge in [0.1, 0.15) is 5.82 Å². The van der Waals surface area contributed by atoms with Crippen molar-refractivity contribution in [1.29, 1.82) is 0 Å². The van der Waals surface area contributed by atoms with Crippen LogP contribution in [0.3, 0.4) is 0 Å². The topological polar surface area (TPSA) is 16.1 Å². The van der Waals surface area contributed by atoms with Crippen LogP contribution in [0.25, 0.3) is 0 Å². The molecule has 1 aromatic heterocycles. The number of aromatic nitrogens is 1. The van der Waals surface area contributed by atoms with Crippen LogP contribution in [0.5, 0.6) is 0 Å². The zero-order valence-corrected chi connectivity index (χ0v) is 13.0.